The number of aryl methyl sites for hydroxylation is 3. The third-order valence-electron chi connectivity index (χ3n) is 4.14. The van der Waals surface area contributed by atoms with Crippen molar-refractivity contribution >= 4 is 17.5 Å². The van der Waals surface area contributed by atoms with Gasteiger partial charge in [0.25, 0.3) is 0 Å². The minimum Gasteiger partial charge on any atom is -0.490 e. The zero-order chi connectivity index (χ0) is 19.9. The minimum absolute atomic E-state index is 0.424. The Kier molecular flexibility index (Phi) is 6.07. The van der Waals surface area contributed by atoms with E-state index in [2.05, 4.69) is 43.8 Å². The van der Waals surface area contributed by atoms with Crippen LogP contribution >= 0.6 is 0 Å². The number of aromatic nitrogens is 4. The lowest BCUT2D eigenvalue weighted by molar-refractivity contribution is 0.331. The minimum atomic E-state index is 0.424. The number of nitriles is 1. The average Bonchev–Trinajstić information content (AvgIpc) is 3.14. The molecule has 0 radical (unpaired) electrons. The maximum Gasteiger partial charge on any atom is 0.153 e. The number of hydrogen-bond donors (Lipinski definition) is 3. The summed E-state index contributed by atoms with van der Waals surface area (Å²) in [6, 6.07) is 9.75. The number of pyridine rings is 2. The number of ether oxygens (including phenoxy) is 1. The summed E-state index contributed by atoms with van der Waals surface area (Å²) in [6.07, 6.45) is 2.56. The normalized spacial score (nSPS) is 10.4. The van der Waals surface area contributed by atoms with Gasteiger partial charge in [0.05, 0.1) is 18.3 Å². The van der Waals surface area contributed by atoms with Gasteiger partial charge in [-0.3, -0.25) is 10.1 Å². The summed E-state index contributed by atoms with van der Waals surface area (Å²) < 4.78 is 5.66. The highest BCUT2D eigenvalue weighted by Gasteiger charge is 2.11. The molecule has 0 saturated heterocycles. The van der Waals surface area contributed by atoms with Crippen LogP contribution in [-0.4, -0.2) is 33.3 Å². The fourth-order valence-corrected chi connectivity index (χ4v) is 2.62. The van der Waals surface area contributed by atoms with E-state index < -0.39 is 0 Å². The van der Waals surface area contributed by atoms with E-state index in [0.717, 1.165) is 23.4 Å². The molecular weight excluding hydrogens is 354 g/mol. The van der Waals surface area contributed by atoms with Crippen LogP contribution in [0.1, 0.15) is 29.4 Å². The first-order valence-corrected chi connectivity index (χ1v) is 9.11. The lowest BCUT2D eigenvalue weighted by Gasteiger charge is -2.12. The van der Waals surface area contributed by atoms with Crippen molar-refractivity contribution < 1.29 is 4.74 Å². The number of hydrogen-bond acceptors (Lipinski definition) is 7. The quantitative estimate of drug-likeness (QED) is 0.515. The Balaban J connectivity index is 1.65. The molecule has 3 aromatic rings. The van der Waals surface area contributed by atoms with Crippen molar-refractivity contribution in [2.24, 2.45) is 0 Å². The summed E-state index contributed by atoms with van der Waals surface area (Å²) in [4.78, 5) is 8.72. The molecule has 144 valence electrons. The lowest BCUT2D eigenvalue weighted by Crippen LogP contribution is -2.14. The molecule has 0 unspecified atom stereocenters. The van der Waals surface area contributed by atoms with E-state index in [0.29, 0.717) is 41.9 Å². The third kappa shape index (κ3) is 4.76. The van der Waals surface area contributed by atoms with Gasteiger partial charge in [-0.15, -0.1) is 0 Å². The van der Waals surface area contributed by atoms with E-state index in [-0.39, 0.29) is 0 Å². The highest BCUT2D eigenvalue weighted by atomic mass is 16.5. The molecule has 8 nitrogen and oxygen atoms in total. The number of aromatic amines is 1. The van der Waals surface area contributed by atoms with Crippen LogP contribution in [0.3, 0.4) is 0 Å². The molecule has 3 N–H and O–H groups in total. The van der Waals surface area contributed by atoms with Crippen molar-refractivity contribution in [3.05, 3.63) is 53.0 Å². The van der Waals surface area contributed by atoms with Crippen molar-refractivity contribution in [2.75, 3.05) is 23.8 Å². The Labute approximate surface area is 164 Å². The maximum absolute atomic E-state index is 9.47. The van der Waals surface area contributed by atoms with Crippen LogP contribution in [0.25, 0.3) is 0 Å². The molecule has 3 heterocycles. The predicted molar refractivity (Wildman–Crippen MR) is 108 cm³/mol. The van der Waals surface area contributed by atoms with Gasteiger partial charge < -0.3 is 15.4 Å². The van der Waals surface area contributed by atoms with Gasteiger partial charge in [-0.1, -0.05) is 6.92 Å². The van der Waals surface area contributed by atoms with E-state index in [1.165, 1.54) is 0 Å². The molecule has 3 aromatic heterocycles. The zero-order valence-corrected chi connectivity index (χ0v) is 16.2. The van der Waals surface area contributed by atoms with Gasteiger partial charge in [0.2, 0.25) is 0 Å². The van der Waals surface area contributed by atoms with Crippen LogP contribution in [0.4, 0.5) is 17.5 Å². The van der Waals surface area contributed by atoms with Gasteiger partial charge in [0.1, 0.15) is 30.1 Å². The van der Waals surface area contributed by atoms with Gasteiger partial charge in [0.15, 0.2) is 5.82 Å². The van der Waals surface area contributed by atoms with E-state index in [9.17, 15) is 5.26 Å². The van der Waals surface area contributed by atoms with Crippen LogP contribution in [0.5, 0.6) is 5.75 Å². The third-order valence-corrected chi connectivity index (χ3v) is 4.14. The van der Waals surface area contributed by atoms with E-state index in [4.69, 9.17) is 4.74 Å². The number of anilines is 3. The van der Waals surface area contributed by atoms with Crippen LogP contribution in [0.15, 0.2) is 30.5 Å². The number of H-pyrrole nitrogens is 1. The topological polar surface area (TPSA) is 112 Å². The molecule has 0 fully saturated rings. The predicted octanol–water partition coefficient (Wildman–Crippen LogP) is 3.49. The molecule has 3 rings (SSSR count). The first-order valence-electron chi connectivity index (χ1n) is 9.11. The van der Waals surface area contributed by atoms with Crippen LogP contribution in [0.2, 0.25) is 0 Å². The second-order valence-corrected chi connectivity index (χ2v) is 6.33. The molecule has 0 aliphatic heterocycles. The molecule has 0 aliphatic carbocycles. The monoisotopic (exact) mass is 377 g/mol. The maximum atomic E-state index is 9.47. The van der Waals surface area contributed by atoms with Gasteiger partial charge in [0, 0.05) is 17.5 Å². The number of rotatable bonds is 8. The Morgan fingerprint density at radius 2 is 2.07 bits per heavy atom. The molecule has 8 heteroatoms. The second-order valence-electron chi connectivity index (χ2n) is 6.33. The Morgan fingerprint density at radius 3 is 2.75 bits per heavy atom. The molecule has 0 bridgehead atoms. The molecule has 0 aromatic carbocycles. The Morgan fingerprint density at radius 1 is 1.21 bits per heavy atom. The summed E-state index contributed by atoms with van der Waals surface area (Å²) in [5, 5.41) is 23.0. The van der Waals surface area contributed by atoms with E-state index in [1.807, 2.05) is 38.1 Å². The van der Waals surface area contributed by atoms with E-state index in [1.54, 1.807) is 6.20 Å². The van der Waals surface area contributed by atoms with Gasteiger partial charge in [-0.05, 0) is 44.0 Å². The first kappa shape index (κ1) is 19.2. The van der Waals surface area contributed by atoms with Crippen molar-refractivity contribution in [3.63, 3.8) is 0 Å². The van der Waals surface area contributed by atoms with Crippen molar-refractivity contribution in [1.29, 1.82) is 5.26 Å². The summed E-state index contributed by atoms with van der Waals surface area (Å²) in [5.74, 6) is 2.53. The number of nitrogens with one attached hydrogen (secondary N) is 3. The standard InChI is InChI=1S/C20H23N7O/c1-4-15-10-19(27-26-15)24-18-9-13(2)17(11-21)20(25-18)22-7-8-28-16-6-5-14(3)23-12-16/h5-6,9-10,12H,4,7-8H2,1-3H3,(H3,22,24,25,26,27). The summed E-state index contributed by atoms with van der Waals surface area (Å²) in [6.45, 7) is 6.79. The smallest absolute Gasteiger partial charge is 0.153 e. The first-order chi connectivity index (χ1) is 13.6. The SMILES string of the molecule is CCc1cc(Nc2cc(C)c(C#N)c(NCCOc3ccc(C)nc3)n2)n[nH]1. The van der Waals surface area contributed by atoms with Gasteiger partial charge in [-0.2, -0.15) is 10.4 Å². The summed E-state index contributed by atoms with van der Waals surface area (Å²) in [5.41, 5.74) is 3.32. The molecule has 0 atom stereocenters. The largest absolute Gasteiger partial charge is 0.490 e. The molecule has 0 amide bonds. The van der Waals surface area contributed by atoms with Crippen molar-refractivity contribution in [3.8, 4) is 11.8 Å². The van der Waals surface area contributed by atoms with Gasteiger partial charge in [-0.25, -0.2) is 4.98 Å². The number of nitrogens with zero attached hydrogens (tertiary/aromatic N) is 4. The van der Waals surface area contributed by atoms with Crippen LogP contribution in [0, 0.1) is 25.2 Å². The summed E-state index contributed by atoms with van der Waals surface area (Å²) in [7, 11) is 0. The lowest BCUT2D eigenvalue weighted by atomic mass is 10.1. The molecular formula is C20H23N7O. The Bertz CT molecular complexity index is 973. The second kappa shape index (κ2) is 8.86. The van der Waals surface area contributed by atoms with Crippen LogP contribution in [-0.2, 0) is 6.42 Å². The zero-order valence-electron chi connectivity index (χ0n) is 16.2. The molecule has 28 heavy (non-hydrogen) atoms. The molecule has 0 spiro atoms. The average molecular weight is 377 g/mol. The highest BCUT2D eigenvalue weighted by molar-refractivity contribution is 5.63. The fraction of sp³-hybridized carbons (Fsp3) is 0.300. The molecule has 0 saturated carbocycles. The summed E-state index contributed by atoms with van der Waals surface area (Å²) >= 11 is 0. The fourth-order valence-electron chi connectivity index (χ4n) is 2.62. The van der Waals surface area contributed by atoms with E-state index >= 15 is 0 Å². The highest BCUT2D eigenvalue weighted by Crippen LogP contribution is 2.22. The van der Waals surface area contributed by atoms with Crippen molar-refractivity contribution in [2.45, 2.75) is 27.2 Å². The van der Waals surface area contributed by atoms with Crippen molar-refractivity contribution in [1.82, 2.24) is 20.2 Å². The Hall–Kier alpha value is -3.60. The molecule has 0 aliphatic rings. The van der Waals surface area contributed by atoms with Crippen LogP contribution < -0.4 is 15.4 Å². The van der Waals surface area contributed by atoms with Gasteiger partial charge >= 0.3 is 0 Å².